The van der Waals surface area contributed by atoms with Gasteiger partial charge in [-0.1, -0.05) is 24.6 Å². The third-order valence-corrected chi connectivity index (χ3v) is 8.31. The number of rotatable bonds is 14. The minimum Gasteiger partial charge on any atom is -0.493 e. The Morgan fingerprint density at radius 2 is 1.88 bits per heavy atom. The highest BCUT2D eigenvalue weighted by Crippen LogP contribution is 2.28. The Bertz CT molecular complexity index is 1220. The third-order valence-electron chi connectivity index (χ3n) is 7.48. The van der Waals surface area contributed by atoms with Gasteiger partial charge in [0.2, 0.25) is 0 Å². The zero-order valence-corrected chi connectivity index (χ0v) is 24.6. The van der Waals surface area contributed by atoms with Crippen LogP contribution in [0.25, 0.3) is 0 Å². The molecule has 0 spiro atoms. The second-order valence-electron chi connectivity index (χ2n) is 10.4. The number of likely N-dealkylation sites (tertiary alicyclic amines) is 1. The summed E-state index contributed by atoms with van der Waals surface area (Å²) >= 11 is 1.50. The van der Waals surface area contributed by atoms with E-state index in [0.717, 1.165) is 48.6 Å². The van der Waals surface area contributed by atoms with Crippen LogP contribution in [0.5, 0.6) is 11.5 Å². The fourth-order valence-corrected chi connectivity index (χ4v) is 5.94. The van der Waals surface area contributed by atoms with Gasteiger partial charge in [0.15, 0.2) is 11.5 Å². The molecular weight excluding hydrogens is 527 g/mol. The van der Waals surface area contributed by atoms with Gasteiger partial charge in [0, 0.05) is 37.6 Å². The number of amides is 1. The van der Waals surface area contributed by atoms with Crippen LogP contribution in [0, 0.1) is 5.82 Å². The lowest BCUT2D eigenvalue weighted by molar-refractivity contribution is 0.0944. The first-order chi connectivity index (χ1) is 19.4. The average Bonchev–Trinajstić information content (AvgIpc) is 3.44. The van der Waals surface area contributed by atoms with E-state index in [1.165, 1.54) is 42.7 Å². The molecule has 1 aromatic heterocycles. The summed E-state index contributed by atoms with van der Waals surface area (Å²) in [5.74, 6) is 1.03. The maximum Gasteiger partial charge on any atom is 0.270 e. The van der Waals surface area contributed by atoms with Crippen molar-refractivity contribution < 1.29 is 18.7 Å². The molecule has 0 saturated carbocycles. The first-order valence-electron chi connectivity index (χ1n) is 14.1. The number of piperidine rings is 1. The molecule has 0 aliphatic carbocycles. The highest BCUT2D eigenvalue weighted by molar-refractivity contribution is 7.09. The van der Waals surface area contributed by atoms with Crippen molar-refractivity contribution in [2.24, 2.45) is 0 Å². The molecule has 1 aliphatic heterocycles. The van der Waals surface area contributed by atoms with E-state index >= 15 is 0 Å². The van der Waals surface area contributed by atoms with E-state index in [2.05, 4.69) is 27.0 Å². The molecule has 216 valence electrons. The van der Waals surface area contributed by atoms with E-state index in [4.69, 9.17) is 9.47 Å². The van der Waals surface area contributed by atoms with Crippen LogP contribution in [0.1, 0.15) is 59.2 Å². The number of methoxy groups -OCH3 is 2. The molecule has 1 aliphatic rings. The Kier molecular flexibility index (Phi) is 11.3. The number of hydrogen-bond acceptors (Lipinski definition) is 7. The standard InChI is InChI=1S/C31H41FN4O3S/c1-23-7-4-5-16-36(23)17-6-15-33-31(37)27-22-40-30(34-27)21-35(20-25-8-11-26(32)12-9-25)18-14-24-10-13-28(38-2)29(19-24)39-3/h8-13,19,22-23H,4-7,14-18,20-21H2,1-3H3,(H,33,37). The van der Waals surface area contributed by atoms with Crippen LogP contribution >= 0.6 is 11.3 Å². The van der Waals surface area contributed by atoms with Gasteiger partial charge in [0.1, 0.15) is 16.5 Å². The average molecular weight is 569 g/mol. The Morgan fingerprint density at radius 1 is 1.10 bits per heavy atom. The molecule has 1 unspecified atom stereocenters. The van der Waals surface area contributed by atoms with Crippen molar-refractivity contribution in [1.82, 2.24) is 20.1 Å². The molecule has 40 heavy (non-hydrogen) atoms. The lowest BCUT2D eigenvalue weighted by atomic mass is 10.0. The summed E-state index contributed by atoms with van der Waals surface area (Å²) in [7, 11) is 3.26. The number of benzene rings is 2. The maximum atomic E-state index is 13.5. The van der Waals surface area contributed by atoms with E-state index in [0.29, 0.717) is 42.9 Å². The van der Waals surface area contributed by atoms with E-state index in [9.17, 15) is 9.18 Å². The number of nitrogens with one attached hydrogen (secondary N) is 1. The lowest BCUT2D eigenvalue weighted by Gasteiger charge is -2.33. The van der Waals surface area contributed by atoms with Crippen molar-refractivity contribution in [3.8, 4) is 11.5 Å². The van der Waals surface area contributed by atoms with Crippen molar-refractivity contribution in [3.05, 3.63) is 75.5 Å². The largest absolute Gasteiger partial charge is 0.493 e. The molecule has 7 nitrogen and oxygen atoms in total. The minimum atomic E-state index is -0.248. The third kappa shape index (κ3) is 8.74. The van der Waals surface area contributed by atoms with E-state index in [1.54, 1.807) is 14.2 Å². The molecule has 1 N–H and O–H groups in total. The molecule has 1 saturated heterocycles. The predicted molar refractivity (Wildman–Crippen MR) is 158 cm³/mol. The summed E-state index contributed by atoms with van der Waals surface area (Å²) in [6, 6.07) is 13.2. The molecule has 2 heterocycles. The molecule has 0 radical (unpaired) electrons. The van der Waals surface area contributed by atoms with E-state index in [1.807, 2.05) is 35.7 Å². The molecule has 0 bridgehead atoms. The second kappa shape index (κ2) is 15.1. The van der Waals surface area contributed by atoms with Crippen LogP contribution in [0.2, 0.25) is 0 Å². The van der Waals surface area contributed by atoms with Crippen molar-refractivity contribution in [3.63, 3.8) is 0 Å². The zero-order chi connectivity index (χ0) is 28.3. The number of carbonyl (C=O) groups is 1. The molecular formula is C31H41FN4O3S. The molecule has 1 atom stereocenters. The van der Waals surface area contributed by atoms with Crippen LogP contribution in [0.3, 0.4) is 0 Å². The van der Waals surface area contributed by atoms with Gasteiger partial charge < -0.3 is 19.7 Å². The normalized spacial score (nSPS) is 15.8. The van der Waals surface area contributed by atoms with Gasteiger partial charge in [-0.05, 0) is 74.5 Å². The topological polar surface area (TPSA) is 66.9 Å². The van der Waals surface area contributed by atoms with Crippen LogP contribution < -0.4 is 14.8 Å². The first kappa shape index (κ1) is 30.0. The summed E-state index contributed by atoms with van der Waals surface area (Å²) in [6.45, 7) is 7.10. The summed E-state index contributed by atoms with van der Waals surface area (Å²) in [5, 5.41) is 5.75. The molecule has 9 heteroatoms. The number of nitrogens with zero attached hydrogens (tertiary/aromatic N) is 3. The quantitative estimate of drug-likeness (QED) is 0.258. The lowest BCUT2D eigenvalue weighted by Crippen LogP contribution is -2.39. The first-order valence-corrected chi connectivity index (χ1v) is 15.0. The monoisotopic (exact) mass is 568 g/mol. The summed E-state index contributed by atoms with van der Waals surface area (Å²) in [4.78, 5) is 22.2. The Hall–Kier alpha value is -3.01. The predicted octanol–water partition coefficient (Wildman–Crippen LogP) is 5.54. The Labute approximate surface area is 241 Å². The highest BCUT2D eigenvalue weighted by atomic mass is 32.1. The van der Waals surface area contributed by atoms with Crippen molar-refractivity contribution >= 4 is 17.2 Å². The van der Waals surface area contributed by atoms with Crippen molar-refractivity contribution in [2.45, 2.75) is 58.2 Å². The molecule has 4 rings (SSSR count). The number of aromatic nitrogens is 1. The van der Waals surface area contributed by atoms with Crippen LogP contribution in [-0.4, -0.2) is 67.1 Å². The minimum absolute atomic E-state index is 0.121. The molecule has 1 fully saturated rings. The zero-order valence-electron chi connectivity index (χ0n) is 23.8. The summed E-state index contributed by atoms with van der Waals surface area (Å²) in [5.41, 5.74) is 2.61. The highest BCUT2D eigenvalue weighted by Gasteiger charge is 2.18. The van der Waals surface area contributed by atoms with Crippen LogP contribution in [-0.2, 0) is 19.5 Å². The van der Waals surface area contributed by atoms with Crippen LogP contribution in [0.4, 0.5) is 4.39 Å². The van der Waals surface area contributed by atoms with Gasteiger partial charge in [0.05, 0.1) is 20.8 Å². The summed E-state index contributed by atoms with van der Waals surface area (Å²) in [6.07, 6.45) is 5.58. The molecule has 2 aromatic carbocycles. The number of thiazole rings is 1. The number of carbonyl (C=O) groups excluding carboxylic acids is 1. The SMILES string of the molecule is COc1ccc(CCN(Cc2ccc(F)cc2)Cc2nc(C(=O)NCCCN3CCCCC3C)cs2)cc1OC. The van der Waals surface area contributed by atoms with E-state index in [-0.39, 0.29) is 11.7 Å². The summed E-state index contributed by atoms with van der Waals surface area (Å²) < 4.78 is 24.3. The molecule has 3 aromatic rings. The Balaban J connectivity index is 1.34. The Morgan fingerprint density at radius 3 is 2.62 bits per heavy atom. The van der Waals surface area contributed by atoms with Crippen LogP contribution in [0.15, 0.2) is 47.8 Å². The smallest absolute Gasteiger partial charge is 0.270 e. The molecule has 1 amide bonds. The van der Waals surface area contributed by atoms with E-state index < -0.39 is 0 Å². The van der Waals surface area contributed by atoms with Crippen molar-refractivity contribution in [1.29, 1.82) is 0 Å². The van der Waals surface area contributed by atoms with Gasteiger partial charge in [-0.15, -0.1) is 11.3 Å². The van der Waals surface area contributed by atoms with Gasteiger partial charge in [-0.2, -0.15) is 0 Å². The van der Waals surface area contributed by atoms with Crippen molar-refractivity contribution in [2.75, 3.05) is 40.4 Å². The van der Waals surface area contributed by atoms with Gasteiger partial charge in [-0.3, -0.25) is 9.69 Å². The number of hydrogen-bond donors (Lipinski definition) is 1. The number of ether oxygens (including phenoxy) is 2. The van der Waals surface area contributed by atoms with Gasteiger partial charge >= 0.3 is 0 Å². The fraction of sp³-hybridized carbons (Fsp3) is 0.484. The van der Waals surface area contributed by atoms with Gasteiger partial charge in [-0.25, -0.2) is 9.37 Å². The maximum absolute atomic E-state index is 13.5. The fourth-order valence-electron chi connectivity index (χ4n) is 5.13. The second-order valence-corrected chi connectivity index (χ2v) is 11.3. The number of halogens is 1. The van der Waals surface area contributed by atoms with Gasteiger partial charge in [0.25, 0.3) is 5.91 Å².